The smallest absolute Gasteiger partial charge is 0.306 e. The standard InChI is InChI=1S/C37H70O6/c1-5-7-9-11-13-14-16-21-25-29-36(39)42-32-34(31-41-35(38)28-24-20-15-12-10-8-6-2)43-37(40)30-26-22-18-17-19-23-27-33(3)4/h33-34H,5-32H2,1-4H3/t34-/m1/s1. The maximum Gasteiger partial charge on any atom is 0.306 e. The van der Waals surface area contributed by atoms with Crippen molar-refractivity contribution in [2.24, 2.45) is 5.92 Å². The fourth-order valence-corrected chi connectivity index (χ4v) is 5.21. The fourth-order valence-electron chi connectivity index (χ4n) is 5.21. The molecule has 0 amide bonds. The lowest BCUT2D eigenvalue weighted by molar-refractivity contribution is -0.167. The van der Waals surface area contributed by atoms with Crippen molar-refractivity contribution in [1.82, 2.24) is 0 Å². The van der Waals surface area contributed by atoms with Gasteiger partial charge >= 0.3 is 17.9 Å². The zero-order valence-corrected chi connectivity index (χ0v) is 28.9. The summed E-state index contributed by atoms with van der Waals surface area (Å²) in [6.07, 6.45) is 26.8. The first kappa shape index (κ1) is 41.4. The summed E-state index contributed by atoms with van der Waals surface area (Å²) in [6, 6.07) is 0. The monoisotopic (exact) mass is 611 g/mol. The summed E-state index contributed by atoms with van der Waals surface area (Å²) in [4.78, 5) is 37.2. The normalized spacial score (nSPS) is 11.9. The van der Waals surface area contributed by atoms with E-state index in [-0.39, 0.29) is 31.1 Å². The van der Waals surface area contributed by atoms with Gasteiger partial charge in [0.05, 0.1) is 0 Å². The Morgan fingerprint density at radius 3 is 1.14 bits per heavy atom. The molecule has 6 nitrogen and oxygen atoms in total. The Kier molecular flexibility index (Phi) is 30.6. The van der Waals surface area contributed by atoms with Crippen molar-refractivity contribution in [2.45, 2.75) is 201 Å². The number of rotatable bonds is 32. The second-order valence-corrected chi connectivity index (χ2v) is 13.0. The third-order valence-electron chi connectivity index (χ3n) is 8.04. The van der Waals surface area contributed by atoms with Crippen molar-refractivity contribution in [2.75, 3.05) is 13.2 Å². The van der Waals surface area contributed by atoms with Gasteiger partial charge in [0.2, 0.25) is 0 Å². The van der Waals surface area contributed by atoms with Crippen molar-refractivity contribution in [3.05, 3.63) is 0 Å². The van der Waals surface area contributed by atoms with Crippen LogP contribution in [-0.2, 0) is 28.6 Å². The molecule has 0 rings (SSSR count). The molecule has 0 fully saturated rings. The van der Waals surface area contributed by atoms with E-state index < -0.39 is 6.10 Å². The summed E-state index contributed by atoms with van der Waals surface area (Å²) in [7, 11) is 0. The molecule has 0 saturated carbocycles. The molecule has 0 aromatic carbocycles. The maximum atomic E-state index is 12.5. The highest BCUT2D eigenvalue weighted by molar-refractivity contribution is 5.71. The van der Waals surface area contributed by atoms with Crippen LogP contribution in [0.15, 0.2) is 0 Å². The summed E-state index contributed by atoms with van der Waals surface area (Å²) in [5.74, 6) is -0.122. The quantitative estimate of drug-likeness (QED) is 0.0428. The van der Waals surface area contributed by atoms with Crippen LogP contribution < -0.4 is 0 Å². The van der Waals surface area contributed by atoms with E-state index in [2.05, 4.69) is 27.7 Å². The average Bonchev–Trinajstić information content (AvgIpc) is 2.98. The molecule has 0 spiro atoms. The van der Waals surface area contributed by atoms with Crippen molar-refractivity contribution in [3.8, 4) is 0 Å². The van der Waals surface area contributed by atoms with Crippen molar-refractivity contribution >= 4 is 17.9 Å². The molecule has 43 heavy (non-hydrogen) atoms. The molecule has 0 radical (unpaired) electrons. The highest BCUT2D eigenvalue weighted by Gasteiger charge is 2.19. The number of carbonyl (C=O) groups is 3. The minimum atomic E-state index is -0.756. The molecule has 0 aliphatic heterocycles. The van der Waals surface area contributed by atoms with Crippen LogP contribution in [0.1, 0.15) is 195 Å². The number of esters is 3. The predicted octanol–water partition coefficient (Wildman–Crippen LogP) is 10.8. The first-order valence-corrected chi connectivity index (χ1v) is 18.4. The molecule has 6 heteroatoms. The van der Waals surface area contributed by atoms with Crippen LogP contribution in [-0.4, -0.2) is 37.2 Å². The van der Waals surface area contributed by atoms with Crippen LogP contribution in [0.5, 0.6) is 0 Å². The summed E-state index contributed by atoms with van der Waals surface area (Å²) < 4.78 is 16.5. The maximum absolute atomic E-state index is 12.5. The molecular formula is C37H70O6. The van der Waals surface area contributed by atoms with Crippen molar-refractivity contribution in [1.29, 1.82) is 0 Å². The highest BCUT2D eigenvalue weighted by Crippen LogP contribution is 2.14. The molecule has 0 unspecified atom stereocenters. The zero-order valence-electron chi connectivity index (χ0n) is 28.9. The van der Waals surface area contributed by atoms with Gasteiger partial charge < -0.3 is 14.2 Å². The van der Waals surface area contributed by atoms with E-state index in [1.807, 2.05) is 0 Å². The van der Waals surface area contributed by atoms with Gasteiger partial charge in [-0.25, -0.2) is 0 Å². The van der Waals surface area contributed by atoms with Crippen LogP contribution in [0.2, 0.25) is 0 Å². The van der Waals surface area contributed by atoms with Crippen molar-refractivity contribution < 1.29 is 28.6 Å². The van der Waals surface area contributed by atoms with Gasteiger partial charge in [-0.1, -0.05) is 156 Å². The molecule has 0 heterocycles. The topological polar surface area (TPSA) is 78.9 Å². The summed E-state index contributed by atoms with van der Waals surface area (Å²) >= 11 is 0. The Morgan fingerprint density at radius 2 is 0.767 bits per heavy atom. The molecule has 0 N–H and O–H groups in total. The third-order valence-corrected chi connectivity index (χ3v) is 8.04. The van der Waals surface area contributed by atoms with Crippen molar-refractivity contribution in [3.63, 3.8) is 0 Å². The molecule has 0 bridgehead atoms. The van der Waals surface area contributed by atoms with Crippen LogP contribution in [0.25, 0.3) is 0 Å². The number of unbranched alkanes of at least 4 members (excludes halogenated alkanes) is 19. The summed E-state index contributed by atoms with van der Waals surface area (Å²) in [5, 5.41) is 0. The Hall–Kier alpha value is -1.59. The summed E-state index contributed by atoms with van der Waals surface area (Å²) in [6.45, 7) is 8.82. The van der Waals surface area contributed by atoms with Crippen LogP contribution in [0.3, 0.4) is 0 Å². The van der Waals surface area contributed by atoms with E-state index in [1.165, 1.54) is 89.9 Å². The first-order valence-electron chi connectivity index (χ1n) is 18.4. The lowest BCUT2D eigenvalue weighted by atomic mass is 10.0. The van der Waals surface area contributed by atoms with Crippen LogP contribution in [0, 0.1) is 5.92 Å². The van der Waals surface area contributed by atoms with Gasteiger partial charge in [0.1, 0.15) is 13.2 Å². The van der Waals surface area contributed by atoms with Gasteiger partial charge in [0.15, 0.2) is 6.10 Å². The van der Waals surface area contributed by atoms with E-state index >= 15 is 0 Å². The van der Waals surface area contributed by atoms with Gasteiger partial charge in [-0.2, -0.15) is 0 Å². The summed E-state index contributed by atoms with van der Waals surface area (Å²) in [5.41, 5.74) is 0. The Balaban J connectivity index is 4.36. The Labute approximate surface area is 266 Å². The van der Waals surface area contributed by atoms with E-state index in [9.17, 15) is 14.4 Å². The minimum absolute atomic E-state index is 0.0669. The van der Waals surface area contributed by atoms with Gasteiger partial charge in [0, 0.05) is 19.3 Å². The average molecular weight is 611 g/mol. The Morgan fingerprint density at radius 1 is 0.442 bits per heavy atom. The molecule has 0 aromatic rings. The third kappa shape index (κ3) is 31.6. The molecular weight excluding hydrogens is 540 g/mol. The minimum Gasteiger partial charge on any atom is -0.462 e. The lowest BCUT2D eigenvalue weighted by Crippen LogP contribution is -2.30. The van der Waals surface area contributed by atoms with Crippen LogP contribution in [0.4, 0.5) is 0 Å². The fraction of sp³-hybridized carbons (Fsp3) is 0.919. The molecule has 0 saturated heterocycles. The SMILES string of the molecule is CCCCCCCCCCCC(=O)OC[C@@H](COC(=O)CCCCCCCCC)OC(=O)CCCCCCCCC(C)C. The van der Waals surface area contributed by atoms with Gasteiger partial charge in [-0.15, -0.1) is 0 Å². The highest BCUT2D eigenvalue weighted by atomic mass is 16.6. The number of ether oxygens (including phenoxy) is 3. The molecule has 254 valence electrons. The molecule has 0 aromatic heterocycles. The predicted molar refractivity (Wildman–Crippen MR) is 178 cm³/mol. The number of hydrogen-bond donors (Lipinski definition) is 0. The van der Waals surface area contributed by atoms with E-state index in [4.69, 9.17) is 14.2 Å². The zero-order chi connectivity index (χ0) is 31.8. The van der Waals surface area contributed by atoms with E-state index in [0.29, 0.717) is 19.3 Å². The van der Waals surface area contributed by atoms with Gasteiger partial charge in [-0.05, 0) is 25.2 Å². The van der Waals surface area contributed by atoms with E-state index in [0.717, 1.165) is 63.7 Å². The molecule has 1 atom stereocenters. The van der Waals surface area contributed by atoms with E-state index in [1.54, 1.807) is 0 Å². The van der Waals surface area contributed by atoms with Gasteiger partial charge in [0.25, 0.3) is 0 Å². The molecule has 0 aliphatic rings. The second-order valence-electron chi connectivity index (χ2n) is 13.0. The Bertz CT molecular complexity index is 647. The van der Waals surface area contributed by atoms with Gasteiger partial charge in [-0.3, -0.25) is 14.4 Å². The number of hydrogen-bond acceptors (Lipinski definition) is 6. The number of carbonyl (C=O) groups excluding carboxylic acids is 3. The first-order chi connectivity index (χ1) is 20.9. The molecule has 0 aliphatic carbocycles. The second kappa shape index (κ2) is 31.8. The largest absolute Gasteiger partial charge is 0.462 e. The van der Waals surface area contributed by atoms with Crippen LogP contribution >= 0.6 is 0 Å². The lowest BCUT2D eigenvalue weighted by Gasteiger charge is -2.18.